The Balaban J connectivity index is 0.000000227. The standard InChI is InChI=1S/2C12H10O3S.H2O/c2*13-16(14,15)12-9-5-4-8-11(12)10-6-2-1-3-7-10;/h2*1-9H,(H,13,14,15);1H2. The lowest BCUT2D eigenvalue weighted by molar-refractivity contribution is 0.481. The Bertz CT molecular complexity index is 1290. The monoisotopic (exact) mass is 486 g/mol. The van der Waals surface area contributed by atoms with Crippen LogP contribution in [-0.4, -0.2) is 31.4 Å². The zero-order chi connectivity index (χ0) is 23.2. The second-order valence-electron chi connectivity index (χ2n) is 6.67. The SMILES string of the molecule is O.O=S(=O)(O)c1ccccc1-c1ccccc1.O=S(=O)(O)c1ccccc1-c1ccccc1. The van der Waals surface area contributed by atoms with Gasteiger partial charge in [0.15, 0.2) is 0 Å². The normalized spacial score (nSPS) is 11.0. The summed E-state index contributed by atoms with van der Waals surface area (Å²) in [6.07, 6.45) is 0. The molecule has 0 amide bonds. The summed E-state index contributed by atoms with van der Waals surface area (Å²) in [6.45, 7) is 0. The predicted octanol–water partition coefficient (Wildman–Crippen LogP) is 4.38. The van der Waals surface area contributed by atoms with E-state index >= 15 is 0 Å². The van der Waals surface area contributed by atoms with Gasteiger partial charge in [0.25, 0.3) is 20.2 Å². The largest absolute Gasteiger partial charge is 0.412 e. The third-order valence-electron chi connectivity index (χ3n) is 4.50. The van der Waals surface area contributed by atoms with E-state index in [-0.39, 0.29) is 15.3 Å². The molecule has 4 N–H and O–H groups in total. The molecule has 0 aliphatic carbocycles. The average Bonchev–Trinajstić information content (AvgIpc) is 2.80. The highest BCUT2D eigenvalue weighted by atomic mass is 32.2. The minimum Gasteiger partial charge on any atom is -0.412 e. The fraction of sp³-hybridized carbons (Fsp3) is 0. The molecule has 0 aliphatic heterocycles. The van der Waals surface area contributed by atoms with Crippen molar-refractivity contribution in [1.29, 1.82) is 0 Å². The Morgan fingerprint density at radius 3 is 1.00 bits per heavy atom. The number of hydrogen-bond donors (Lipinski definition) is 2. The Labute approximate surface area is 192 Å². The third-order valence-corrected chi connectivity index (χ3v) is 6.32. The number of rotatable bonds is 4. The van der Waals surface area contributed by atoms with E-state index in [0.29, 0.717) is 11.1 Å². The minimum absolute atomic E-state index is 0. The van der Waals surface area contributed by atoms with Crippen LogP contribution >= 0.6 is 0 Å². The molecule has 0 radical (unpaired) electrons. The summed E-state index contributed by atoms with van der Waals surface area (Å²) in [5.74, 6) is 0. The smallest absolute Gasteiger partial charge is 0.295 e. The summed E-state index contributed by atoms with van der Waals surface area (Å²) in [7, 11) is -8.36. The highest BCUT2D eigenvalue weighted by Gasteiger charge is 2.16. The van der Waals surface area contributed by atoms with Crippen molar-refractivity contribution in [2.24, 2.45) is 0 Å². The zero-order valence-electron chi connectivity index (χ0n) is 17.2. The molecule has 0 bridgehead atoms. The molecule has 0 fully saturated rings. The van der Waals surface area contributed by atoms with Crippen LogP contribution in [0.3, 0.4) is 0 Å². The van der Waals surface area contributed by atoms with Crippen LogP contribution in [0, 0.1) is 0 Å². The zero-order valence-corrected chi connectivity index (χ0v) is 18.9. The Morgan fingerprint density at radius 1 is 0.424 bits per heavy atom. The predicted molar refractivity (Wildman–Crippen MR) is 127 cm³/mol. The highest BCUT2D eigenvalue weighted by molar-refractivity contribution is 7.86. The first-order valence-electron chi connectivity index (χ1n) is 9.42. The lowest BCUT2D eigenvalue weighted by atomic mass is 10.1. The Morgan fingerprint density at radius 2 is 0.697 bits per heavy atom. The van der Waals surface area contributed by atoms with Crippen molar-refractivity contribution in [1.82, 2.24) is 0 Å². The maximum Gasteiger partial charge on any atom is 0.295 e. The Kier molecular flexibility index (Phi) is 8.63. The van der Waals surface area contributed by atoms with Crippen LogP contribution in [-0.2, 0) is 20.2 Å². The quantitative estimate of drug-likeness (QED) is 0.410. The molecular formula is C24H22O7S2. The van der Waals surface area contributed by atoms with Gasteiger partial charge in [-0.15, -0.1) is 0 Å². The third kappa shape index (κ3) is 6.82. The second-order valence-corrected chi connectivity index (χ2v) is 9.45. The summed E-state index contributed by atoms with van der Waals surface area (Å²) in [6, 6.07) is 30.9. The highest BCUT2D eigenvalue weighted by Crippen LogP contribution is 2.27. The first-order chi connectivity index (χ1) is 15.2. The van der Waals surface area contributed by atoms with Gasteiger partial charge in [0.2, 0.25) is 0 Å². The molecule has 0 saturated heterocycles. The molecule has 0 saturated carbocycles. The topological polar surface area (TPSA) is 140 Å². The lowest BCUT2D eigenvalue weighted by Gasteiger charge is -2.06. The maximum atomic E-state index is 11.2. The van der Waals surface area contributed by atoms with E-state index in [1.165, 1.54) is 12.1 Å². The molecule has 33 heavy (non-hydrogen) atoms. The van der Waals surface area contributed by atoms with E-state index in [2.05, 4.69) is 0 Å². The van der Waals surface area contributed by atoms with Gasteiger partial charge in [-0.1, -0.05) is 97.1 Å². The van der Waals surface area contributed by atoms with Crippen molar-refractivity contribution < 1.29 is 31.4 Å². The molecule has 9 heteroatoms. The Hall–Kier alpha value is -3.34. The summed E-state index contributed by atoms with van der Waals surface area (Å²) >= 11 is 0. The molecule has 0 unspecified atom stereocenters. The van der Waals surface area contributed by atoms with Crippen molar-refractivity contribution in [3.63, 3.8) is 0 Å². The van der Waals surface area contributed by atoms with Crippen LogP contribution in [0.2, 0.25) is 0 Å². The van der Waals surface area contributed by atoms with Gasteiger partial charge in [0.05, 0.1) is 0 Å². The molecule has 0 spiro atoms. The summed E-state index contributed by atoms with van der Waals surface area (Å²) < 4.78 is 62.9. The molecule has 0 aliphatic rings. The molecule has 0 heterocycles. The molecule has 0 aromatic heterocycles. The van der Waals surface area contributed by atoms with Crippen LogP contribution in [0.15, 0.2) is 119 Å². The van der Waals surface area contributed by atoms with Gasteiger partial charge in [0.1, 0.15) is 9.79 Å². The fourth-order valence-corrected chi connectivity index (χ4v) is 4.52. The van der Waals surface area contributed by atoms with Gasteiger partial charge < -0.3 is 5.48 Å². The molecule has 0 atom stereocenters. The van der Waals surface area contributed by atoms with Crippen LogP contribution in [0.4, 0.5) is 0 Å². The van der Waals surface area contributed by atoms with Crippen LogP contribution in [0.1, 0.15) is 0 Å². The van der Waals surface area contributed by atoms with E-state index < -0.39 is 20.2 Å². The minimum atomic E-state index is -4.18. The number of hydrogen-bond acceptors (Lipinski definition) is 4. The summed E-state index contributed by atoms with van der Waals surface area (Å²) in [5.41, 5.74) is 2.53. The van der Waals surface area contributed by atoms with Crippen LogP contribution in [0.25, 0.3) is 22.3 Å². The van der Waals surface area contributed by atoms with Crippen molar-refractivity contribution >= 4 is 20.2 Å². The second kappa shape index (κ2) is 11.0. The van der Waals surface area contributed by atoms with Crippen LogP contribution in [0.5, 0.6) is 0 Å². The maximum absolute atomic E-state index is 11.2. The van der Waals surface area contributed by atoms with E-state index in [4.69, 9.17) is 9.11 Å². The van der Waals surface area contributed by atoms with E-state index in [1.54, 1.807) is 60.7 Å². The fourth-order valence-electron chi connectivity index (χ4n) is 3.10. The number of benzene rings is 4. The summed E-state index contributed by atoms with van der Waals surface area (Å²) in [4.78, 5) is -0.137. The van der Waals surface area contributed by atoms with E-state index in [9.17, 15) is 16.8 Å². The van der Waals surface area contributed by atoms with Gasteiger partial charge in [-0.2, -0.15) is 16.8 Å². The molecule has 4 aromatic rings. The van der Waals surface area contributed by atoms with Crippen molar-refractivity contribution in [2.45, 2.75) is 9.79 Å². The van der Waals surface area contributed by atoms with Gasteiger partial charge in [-0.25, -0.2) is 0 Å². The molecule has 7 nitrogen and oxygen atoms in total. The first-order valence-corrected chi connectivity index (χ1v) is 12.3. The summed E-state index contributed by atoms with van der Waals surface area (Å²) in [5, 5.41) is 0. The molecular weight excluding hydrogens is 464 g/mol. The van der Waals surface area contributed by atoms with Crippen molar-refractivity contribution in [2.75, 3.05) is 0 Å². The van der Waals surface area contributed by atoms with Gasteiger partial charge in [-0.3, -0.25) is 9.11 Å². The van der Waals surface area contributed by atoms with Crippen LogP contribution < -0.4 is 0 Å². The van der Waals surface area contributed by atoms with Gasteiger partial charge >= 0.3 is 0 Å². The molecule has 4 rings (SSSR count). The van der Waals surface area contributed by atoms with Gasteiger partial charge in [0, 0.05) is 11.1 Å². The lowest BCUT2D eigenvalue weighted by Crippen LogP contribution is -2.00. The van der Waals surface area contributed by atoms with Gasteiger partial charge in [-0.05, 0) is 23.3 Å². The van der Waals surface area contributed by atoms with E-state index in [0.717, 1.165) is 11.1 Å². The molecule has 4 aromatic carbocycles. The van der Waals surface area contributed by atoms with Crippen molar-refractivity contribution in [3.8, 4) is 22.3 Å². The van der Waals surface area contributed by atoms with Crippen molar-refractivity contribution in [3.05, 3.63) is 109 Å². The van der Waals surface area contributed by atoms with E-state index in [1.807, 2.05) is 36.4 Å². The molecule has 172 valence electrons. The average molecular weight is 487 g/mol. The first kappa shape index (κ1) is 25.9.